The summed E-state index contributed by atoms with van der Waals surface area (Å²) in [4.78, 5) is 1.58. The van der Waals surface area contributed by atoms with Gasteiger partial charge in [0.2, 0.25) is 11.6 Å². The van der Waals surface area contributed by atoms with Gasteiger partial charge in [-0.25, -0.2) is 0 Å². The Kier molecular flexibility index (Phi) is 3.66. The maximum atomic E-state index is 4.37. The number of thiol groups is 2. The molecule has 0 unspecified atom stereocenters. The predicted molar refractivity (Wildman–Crippen MR) is 83.0 cm³/mol. The van der Waals surface area contributed by atoms with Crippen LogP contribution in [0.2, 0.25) is 0 Å². The first-order valence-electron chi connectivity index (χ1n) is 5.90. The lowest BCUT2D eigenvalue weighted by molar-refractivity contribution is 0.870. The molecular formula is C14H10N4S2. The molecule has 1 heterocycles. The van der Waals surface area contributed by atoms with Gasteiger partial charge in [0.1, 0.15) is 0 Å². The van der Waals surface area contributed by atoms with E-state index in [0.717, 1.165) is 20.9 Å². The van der Waals surface area contributed by atoms with Gasteiger partial charge in [0, 0.05) is 20.9 Å². The van der Waals surface area contributed by atoms with Crippen LogP contribution in [0, 0.1) is 0 Å². The Morgan fingerprint density at radius 3 is 1.25 bits per heavy atom. The first-order chi connectivity index (χ1) is 9.75. The van der Waals surface area contributed by atoms with Crippen LogP contribution in [0.3, 0.4) is 0 Å². The fourth-order valence-electron chi connectivity index (χ4n) is 1.77. The van der Waals surface area contributed by atoms with E-state index in [2.05, 4.69) is 45.7 Å². The van der Waals surface area contributed by atoms with Crippen molar-refractivity contribution in [3.63, 3.8) is 0 Å². The summed E-state index contributed by atoms with van der Waals surface area (Å²) in [5.41, 5.74) is 1.61. The van der Waals surface area contributed by atoms with Crippen LogP contribution in [-0.4, -0.2) is 20.4 Å². The lowest BCUT2D eigenvalue weighted by Crippen LogP contribution is -2.00. The van der Waals surface area contributed by atoms with Crippen molar-refractivity contribution in [2.45, 2.75) is 9.79 Å². The van der Waals surface area contributed by atoms with Crippen LogP contribution >= 0.6 is 25.3 Å². The summed E-state index contributed by atoms with van der Waals surface area (Å²) in [5, 5.41) is 16.5. The molecule has 0 aliphatic rings. The van der Waals surface area contributed by atoms with Gasteiger partial charge in [-0.3, -0.25) is 0 Å². The SMILES string of the molecule is Sc1ccccc1-c1nnc(-c2ccccc2S)nn1. The molecule has 98 valence electrons. The fourth-order valence-corrected chi connectivity index (χ4v) is 2.29. The third-order valence-electron chi connectivity index (χ3n) is 2.77. The highest BCUT2D eigenvalue weighted by molar-refractivity contribution is 7.80. The molecule has 0 fully saturated rings. The van der Waals surface area contributed by atoms with Gasteiger partial charge in [0.25, 0.3) is 0 Å². The smallest absolute Gasteiger partial charge is 0.143 e. The van der Waals surface area contributed by atoms with Crippen molar-refractivity contribution in [2.24, 2.45) is 0 Å². The quantitative estimate of drug-likeness (QED) is 0.714. The first kappa shape index (κ1) is 13.1. The van der Waals surface area contributed by atoms with Gasteiger partial charge in [0.15, 0.2) is 0 Å². The molecule has 3 rings (SSSR count). The molecule has 0 bridgehead atoms. The van der Waals surface area contributed by atoms with Crippen molar-refractivity contribution in [3.05, 3.63) is 48.5 Å². The summed E-state index contributed by atoms with van der Waals surface area (Å²) in [5.74, 6) is 0.909. The van der Waals surface area contributed by atoms with Gasteiger partial charge in [-0.1, -0.05) is 24.3 Å². The predicted octanol–water partition coefficient (Wildman–Crippen LogP) is 3.18. The average Bonchev–Trinajstić information content (AvgIpc) is 2.49. The van der Waals surface area contributed by atoms with Crippen molar-refractivity contribution < 1.29 is 0 Å². The second-order valence-electron chi connectivity index (χ2n) is 4.08. The Hall–Kier alpha value is -1.92. The highest BCUT2D eigenvalue weighted by atomic mass is 32.1. The normalized spacial score (nSPS) is 10.5. The van der Waals surface area contributed by atoms with Gasteiger partial charge < -0.3 is 0 Å². The van der Waals surface area contributed by atoms with Crippen LogP contribution in [0.5, 0.6) is 0 Å². The third kappa shape index (κ3) is 2.52. The van der Waals surface area contributed by atoms with E-state index in [-0.39, 0.29) is 0 Å². The molecule has 0 amide bonds. The average molecular weight is 298 g/mol. The zero-order valence-corrected chi connectivity index (χ0v) is 12.1. The van der Waals surface area contributed by atoms with E-state index in [1.807, 2.05) is 48.5 Å². The molecule has 0 aliphatic carbocycles. The second-order valence-corrected chi connectivity index (χ2v) is 5.05. The molecule has 4 nitrogen and oxygen atoms in total. The monoisotopic (exact) mass is 298 g/mol. The Balaban J connectivity index is 2.01. The van der Waals surface area contributed by atoms with Gasteiger partial charge >= 0.3 is 0 Å². The lowest BCUT2D eigenvalue weighted by atomic mass is 10.2. The van der Waals surface area contributed by atoms with Crippen molar-refractivity contribution in [2.75, 3.05) is 0 Å². The van der Waals surface area contributed by atoms with Gasteiger partial charge in [-0.05, 0) is 24.3 Å². The molecule has 0 saturated carbocycles. The maximum absolute atomic E-state index is 4.37. The van der Waals surface area contributed by atoms with Crippen LogP contribution in [0.4, 0.5) is 0 Å². The first-order valence-corrected chi connectivity index (χ1v) is 6.79. The molecule has 0 aliphatic heterocycles. The lowest BCUT2D eigenvalue weighted by Gasteiger charge is -2.04. The molecule has 0 saturated heterocycles. The minimum Gasteiger partial charge on any atom is -0.143 e. The molecule has 1 aromatic heterocycles. The Bertz CT molecular complexity index is 680. The second kappa shape index (κ2) is 5.60. The van der Waals surface area contributed by atoms with Crippen LogP contribution in [0.25, 0.3) is 22.8 Å². The van der Waals surface area contributed by atoms with Crippen LogP contribution < -0.4 is 0 Å². The topological polar surface area (TPSA) is 51.6 Å². The van der Waals surface area contributed by atoms with Crippen molar-refractivity contribution >= 4 is 25.3 Å². The Labute approximate surface area is 127 Å². The molecular weight excluding hydrogens is 288 g/mol. The molecule has 0 atom stereocenters. The van der Waals surface area contributed by atoms with E-state index in [4.69, 9.17) is 0 Å². The fraction of sp³-hybridized carbons (Fsp3) is 0. The van der Waals surface area contributed by atoms with E-state index in [9.17, 15) is 0 Å². The number of hydrogen-bond donors (Lipinski definition) is 2. The minimum atomic E-state index is 0.455. The largest absolute Gasteiger partial charge is 0.204 e. The summed E-state index contributed by atoms with van der Waals surface area (Å²) in [6, 6.07) is 15.1. The molecule has 20 heavy (non-hydrogen) atoms. The van der Waals surface area contributed by atoms with Crippen LogP contribution in [0.1, 0.15) is 0 Å². The summed E-state index contributed by atoms with van der Waals surface area (Å²) >= 11 is 8.75. The van der Waals surface area contributed by atoms with E-state index < -0.39 is 0 Å². The van der Waals surface area contributed by atoms with Crippen LogP contribution in [-0.2, 0) is 0 Å². The number of rotatable bonds is 2. The van der Waals surface area contributed by atoms with Crippen LogP contribution in [0.15, 0.2) is 58.3 Å². The minimum absolute atomic E-state index is 0.455. The summed E-state index contributed by atoms with van der Waals surface area (Å²) in [6.07, 6.45) is 0. The van der Waals surface area contributed by atoms with Gasteiger partial charge in [-0.2, -0.15) is 0 Å². The summed E-state index contributed by atoms with van der Waals surface area (Å²) in [6.45, 7) is 0. The van der Waals surface area contributed by atoms with Crippen molar-refractivity contribution in [1.29, 1.82) is 0 Å². The summed E-state index contributed by atoms with van der Waals surface area (Å²) < 4.78 is 0. The number of aromatic nitrogens is 4. The van der Waals surface area contributed by atoms with E-state index in [0.29, 0.717) is 11.6 Å². The number of nitrogens with zero attached hydrogens (tertiary/aromatic N) is 4. The van der Waals surface area contributed by atoms with Crippen molar-refractivity contribution in [1.82, 2.24) is 20.4 Å². The number of hydrogen-bond acceptors (Lipinski definition) is 6. The summed E-state index contributed by atoms with van der Waals surface area (Å²) in [7, 11) is 0. The maximum Gasteiger partial charge on any atom is 0.204 e. The molecule has 6 heteroatoms. The zero-order valence-electron chi connectivity index (χ0n) is 10.3. The number of benzene rings is 2. The van der Waals surface area contributed by atoms with Gasteiger partial charge in [-0.15, -0.1) is 45.7 Å². The molecule has 0 N–H and O–H groups in total. The van der Waals surface area contributed by atoms with E-state index >= 15 is 0 Å². The zero-order chi connectivity index (χ0) is 13.9. The van der Waals surface area contributed by atoms with Crippen molar-refractivity contribution in [3.8, 4) is 22.8 Å². The van der Waals surface area contributed by atoms with Gasteiger partial charge in [0.05, 0.1) is 0 Å². The third-order valence-corrected chi connectivity index (χ3v) is 3.55. The van der Waals surface area contributed by atoms with E-state index in [1.165, 1.54) is 0 Å². The molecule has 0 spiro atoms. The highest BCUT2D eigenvalue weighted by Crippen LogP contribution is 2.24. The Morgan fingerprint density at radius 1 is 0.550 bits per heavy atom. The highest BCUT2D eigenvalue weighted by Gasteiger charge is 2.09. The molecule has 0 radical (unpaired) electrons. The molecule has 3 aromatic rings. The Morgan fingerprint density at radius 2 is 0.900 bits per heavy atom. The molecule has 2 aromatic carbocycles. The standard InChI is InChI=1S/C14H10N4S2/c19-11-7-3-1-5-9(11)13-15-17-14(18-16-13)10-6-2-4-8-12(10)20/h1-8,19-20H. The van der Waals surface area contributed by atoms with E-state index in [1.54, 1.807) is 0 Å².